The molecule has 6 nitrogen and oxygen atoms in total. The Labute approximate surface area is 131 Å². The van der Waals surface area contributed by atoms with E-state index in [1.54, 1.807) is 19.1 Å². The number of nitrogens with one attached hydrogen (secondary N) is 1. The van der Waals surface area contributed by atoms with Gasteiger partial charge in [0.1, 0.15) is 12.1 Å². The molecule has 1 atom stereocenters. The van der Waals surface area contributed by atoms with Gasteiger partial charge in [-0.05, 0) is 37.8 Å². The van der Waals surface area contributed by atoms with Crippen molar-refractivity contribution < 1.29 is 9.21 Å². The summed E-state index contributed by atoms with van der Waals surface area (Å²) in [5, 5.41) is 12.4. The van der Waals surface area contributed by atoms with Crippen molar-refractivity contribution in [3.8, 4) is 6.07 Å². The first kappa shape index (κ1) is 14.7. The lowest BCUT2D eigenvalue weighted by Gasteiger charge is -2.22. The molecule has 1 fully saturated rings. The molecule has 0 bridgehead atoms. The molecule has 1 saturated carbocycles. The van der Waals surface area contributed by atoms with Gasteiger partial charge >= 0.3 is 5.76 Å². The van der Waals surface area contributed by atoms with E-state index in [0.717, 1.165) is 12.8 Å². The van der Waals surface area contributed by atoms with Crippen molar-refractivity contribution in [2.24, 2.45) is 5.92 Å². The largest absolute Gasteiger partial charge is 0.420 e. The molecule has 0 unspecified atom stereocenters. The molecule has 0 spiro atoms. The van der Waals surface area contributed by atoms with Crippen LogP contribution in [-0.2, 0) is 11.3 Å². The fourth-order valence-corrected chi connectivity index (χ4v) is 2.71. The molecule has 1 aliphatic rings. The smallest absolute Gasteiger partial charge is 0.408 e. The number of oxazole rings is 1. The molecule has 0 saturated heterocycles. The van der Waals surface area contributed by atoms with Gasteiger partial charge in [0.05, 0.1) is 11.6 Å². The van der Waals surface area contributed by atoms with Gasteiger partial charge in [0.2, 0.25) is 5.91 Å². The first-order valence-corrected chi connectivity index (χ1v) is 7.32. The fourth-order valence-electron chi connectivity index (χ4n) is 2.54. The lowest BCUT2D eigenvalue weighted by molar-refractivity contribution is -0.123. The minimum Gasteiger partial charge on any atom is -0.408 e. The zero-order valence-corrected chi connectivity index (χ0v) is 12.7. The maximum atomic E-state index is 12.2. The van der Waals surface area contributed by atoms with Crippen LogP contribution in [0.25, 0.3) is 11.1 Å². The molecule has 1 heterocycles. The summed E-state index contributed by atoms with van der Waals surface area (Å²) in [4.78, 5) is 24.1. The van der Waals surface area contributed by atoms with E-state index in [2.05, 4.69) is 11.4 Å². The summed E-state index contributed by atoms with van der Waals surface area (Å²) in [7, 11) is 0. The topological polar surface area (TPSA) is 88.0 Å². The van der Waals surface area contributed by atoms with Gasteiger partial charge in [-0.3, -0.25) is 9.36 Å². The number of carbonyl (C=O) groups is 1. The van der Waals surface area contributed by atoms with Crippen LogP contribution in [0.15, 0.2) is 27.4 Å². The zero-order valence-electron chi connectivity index (χ0n) is 11.9. The Bertz CT molecular complexity index is 844. The maximum absolute atomic E-state index is 12.2. The Hall–Kier alpha value is -2.26. The Morgan fingerprint density at radius 1 is 1.59 bits per heavy atom. The maximum Gasteiger partial charge on any atom is 0.420 e. The molecule has 2 aromatic rings. The van der Waals surface area contributed by atoms with Gasteiger partial charge in [-0.15, -0.1) is 0 Å². The van der Waals surface area contributed by atoms with Gasteiger partial charge in [-0.1, -0.05) is 11.6 Å². The van der Waals surface area contributed by atoms with E-state index in [1.165, 1.54) is 10.6 Å². The van der Waals surface area contributed by atoms with E-state index in [-0.39, 0.29) is 12.5 Å². The van der Waals surface area contributed by atoms with Crippen LogP contribution >= 0.6 is 11.6 Å². The second kappa shape index (κ2) is 5.18. The van der Waals surface area contributed by atoms with E-state index in [1.807, 2.05) is 0 Å². The first-order chi connectivity index (χ1) is 10.4. The van der Waals surface area contributed by atoms with Crippen LogP contribution < -0.4 is 11.1 Å². The molecule has 22 heavy (non-hydrogen) atoms. The summed E-state index contributed by atoms with van der Waals surface area (Å²) in [6, 6.07) is 6.92. The van der Waals surface area contributed by atoms with Crippen LogP contribution in [0.2, 0.25) is 5.02 Å². The zero-order chi connectivity index (χ0) is 15.9. The molecule has 1 N–H and O–H groups in total. The Morgan fingerprint density at radius 3 is 2.95 bits per heavy atom. The van der Waals surface area contributed by atoms with Crippen LogP contribution in [0, 0.1) is 17.2 Å². The van der Waals surface area contributed by atoms with Crippen molar-refractivity contribution >= 4 is 28.6 Å². The highest BCUT2D eigenvalue weighted by molar-refractivity contribution is 6.31. The highest BCUT2D eigenvalue weighted by Crippen LogP contribution is 2.39. The lowest BCUT2D eigenvalue weighted by atomic mass is 9.98. The second-order valence-corrected chi connectivity index (χ2v) is 6.14. The number of amides is 1. The number of nitrogens with zero attached hydrogens (tertiary/aromatic N) is 2. The summed E-state index contributed by atoms with van der Waals surface area (Å²) < 4.78 is 6.30. The normalized spacial score (nSPS) is 17.0. The Balaban J connectivity index is 1.84. The predicted octanol–water partition coefficient (Wildman–Crippen LogP) is 2.06. The number of nitriles is 1. The van der Waals surface area contributed by atoms with Gasteiger partial charge in [-0.2, -0.15) is 5.26 Å². The highest BCUT2D eigenvalue weighted by Gasteiger charge is 2.43. The third-order valence-electron chi connectivity index (χ3n) is 3.96. The molecular formula is C15H14ClN3O3. The fraction of sp³-hybridized carbons (Fsp3) is 0.400. The lowest BCUT2D eigenvalue weighted by Crippen LogP contribution is -2.48. The molecule has 1 aromatic carbocycles. The molecule has 114 valence electrons. The van der Waals surface area contributed by atoms with Gasteiger partial charge in [0, 0.05) is 11.1 Å². The third kappa shape index (κ3) is 2.60. The summed E-state index contributed by atoms with van der Waals surface area (Å²) in [5.41, 5.74) is -0.0611. The number of benzene rings is 1. The van der Waals surface area contributed by atoms with Crippen molar-refractivity contribution in [2.45, 2.75) is 31.8 Å². The third-order valence-corrected chi connectivity index (χ3v) is 4.19. The number of halogens is 1. The summed E-state index contributed by atoms with van der Waals surface area (Å²) in [5.74, 6) is -0.841. The standard InChI is InChI=1S/C15H14ClN3O3/c1-15(8-17,9-2-3-9)18-13(20)7-19-11-5-4-10(16)6-12(11)22-14(19)21/h4-6,9H,2-3,7H2,1H3,(H,18,20)/t15-/m1/s1. The van der Waals surface area contributed by atoms with Crippen molar-refractivity contribution in [1.82, 2.24) is 9.88 Å². The molecule has 3 rings (SSSR count). The molecular weight excluding hydrogens is 306 g/mol. The van der Waals surface area contributed by atoms with Crippen LogP contribution in [-0.4, -0.2) is 16.0 Å². The van der Waals surface area contributed by atoms with Crippen molar-refractivity contribution in [2.75, 3.05) is 0 Å². The number of aromatic nitrogens is 1. The van der Waals surface area contributed by atoms with E-state index >= 15 is 0 Å². The SMILES string of the molecule is C[C@](C#N)(NC(=O)Cn1c(=O)oc2cc(Cl)ccc21)C1CC1. The first-order valence-electron chi connectivity index (χ1n) is 6.94. The minimum absolute atomic E-state index is 0.179. The van der Waals surface area contributed by atoms with E-state index in [0.29, 0.717) is 16.1 Å². The number of hydrogen-bond donors (Lipinski definition) is 1. The Morgan fingerprint density at radius 2 is 2.32 bits per heavy atom. The van der Waals surface area contributed by atoms with Crippen LogP contribution in [0.1, 0.15) is 19.8 Å². The summed E-state index contributed by atoms with van der Waals surface area (Å²) in [6.45, 7) is 1.51. The van der Waals surface area contributed by atoms with E-state index in [4.69, 9.17) is 16.0 Å². The van der Waals surface area contributed by atoms with Gasteiger partial charge in [0.15, 0.2) is 5.58 Å². The van der Waals surface area contributed by atoms with Crippen LogP contribution in [0.5, 0.6) is 0 Å². The number of carbonyl (C=O) groups excluding carboxylic acids is 1. The molecule has 0 radical (unpaired) electrons. The van der Waals surface area contributed by atoms with E-state index in [9.17, 15) is 14.9 Å². The van der Waals surface area contributed by atoms with Gasteiger partial charge in [-0.25, -0.2) is 4.79 Å². The molecule has 1 aliphatic carbocycles. The number of fused-ring (bicyclic) bond motifs is 1. The quantitative estimate of drug-likeness (QED) is 0.934. The minimum atomic E-state index is -0.885. The number of rotatable bonds is 4. The van der Waals surface area contributed by atoms with Gasteiger partial charge in [0.25, 0.3) is 0 Å². The van der Waals surface area contributed by atoms with Crippen molar-refractivity contribution in [3.63, 3.8) is 0 Å². The molecule has 7 heteroatoms. The van der Waals surface area contributed by atoms with Crippen molar-refractivity contribution in [3.05, 3.63) is 33.8 Å². The van der Waals surface area contributed by atoms with Crippen LogP contribution in [0.4, 0.5) is 0 Å². The summed E-state index contributed by atoms with van der Waals surface area (Å²) >= 11 is 5.85. The second-order valence-electron chi connectivity index (χ2n) is 5.70. The van der Waals surface area contributed by atoms with Gasteiger partial charge < -0.3 is 9.73 Å². The average Bonchev–Trinajstić information content (AvgIpc) is 3.26. The highest BCUT2D eigenvalue weighted by atomic mass is 35.5. The van der Waals surface area contributed by atoms with Crippen molar-refractivity contribution in [1.29, 1.82) is 5.26 Å². The summed E-state index contributed by atoms with van der Waals surface area (Å²) in [6.07, 6.45) is 1.86. The van der Waals surface area contributed by atoms with E-state index < -0.39 is 17.2 Å². The molecule has 1 amide bonds. The predicted molar refractivity (Wildman–Crippen MR) is 80.4 cm³/mol. The van der Waals surface area contributed by atoms with Crippen LogP contribution in [0.3, 0.4) is 0 Å². The number of hydrogen-bond acceptors (Lipinski definition) is 4. The Kier molecular flexibility index (Phi) is 3.45. The molecule has 1 aromatic heterocycles. The molecule has 0 aliphatic heterocycles. The average molecular weight is 320 g/mol. The monoisotopic (exact) mass is 319 g/mol.